The van der Waals surface area contributed by atoms with Crippen LogP contribution in [0.25, 0.3) is 10.2 Å². The first-order valence-electron chi connectivity index (χ1n) is 9.01. The van der Waals surface area contributed by atoms with E-state index in [1.807, 2.05) is 6.92 Å². The highest BCUT2D eigenvalue weighted by atomic mass is 32.1. The maximum Gasteiger partial charge on any atom is 0.303 e. The first kappa shape index (κ1) is 16.0. The van der Waals surface area contributed by atoms with Crippen LogP contribution in [0.4, 0.5) is 11.8 Å². The van der Waals surface area contributed by atoms with E-state index >= 15 is 0 Å². The van der Waals surface area contributed by atoms with Crippen molar-refractivity contribution in [2.24, 2.45) is 17.8 Å². The molecule has 0 aromatic carbocycles. The number of carboxylic acid groups (broad SMARTS) is 1. The Hall–Kier alpha value is -2.22. The van der Waals surface area contributed by atoms with Gasteiger partial charge in [0.05, 0.1) is 10.2 Å². The van der Waals surface area contributed by atoms with Gasteiger partial charge in [-0.2, -0.15) is 4.98 Å². The number of thiophene rings is 1. The molecule has 3 unspecified atom stereocenters. The number of carbonyl (C=O) groups is 2. The van der Waals surface area contributed by atoms with E-state index in [9.17, 15) is 9.59 Å². The molecule has 2 aromatic heterocycles. The topological polar surface area (TPSA) is 86.6 Å². The smallest absolute Gasteiger partial charge is 0.303 e. The predicted molar refractivity (Wildman–Crippen MR) is 98.7 cm³/mol. The number of rotatable bonds is 4. The van der Waals surface area contributed by atoms with Crippen LogP contribution >= 0.6 is 11.3 Å². The molecule has 7 nitrogen and oxygen atoms in total. The summed E-state index contributed by atoms with van der Waals surface area (Å²) >= 11 is 1.57. The molecule has 0 bridgehead atoms. The maximum absolute atomic E-state index is 12.9. The van der Waals surface area contributed by atoms with E-state index in [4.69, 9.17) is 15.1 Å². The molecule has 2 aliphatic heterocycles. The number of carbonyl (C=O) groups excluding carboxylic acids is 1. The number of piperidine rings is 1. The number of aryl methyl sites for hydroxylation is 1. The molecule has 2 aromatic rings. The van der Waals surface area contributed by atoms with Crippen molar-refractivity contribution in [1.82, 2.24) is 9.97 Å². The predicted octanol–water partition coefficient (Wildman–Crippen LogP) is 2.28. The quantitative estimate of drug-likeness (QED) is 0.886. The van der Waals surface area contributed by atoms with Crippen molar-refractivity contribution in [3.63, 3.8) is 0 Å². The van der Waals surface area contributed by atoms with Crippen molar-refractivity contribution in [3.05, 3.63) is 10.9 Å². The van der Waals surface area contributed by atoms with Crippen molar-refractivity contribution in [3.8, 4) is 0 Å². The number of aromatic nitrogens is 2. The second-order valence-electron chi connectivity index (χ2n) is 7.67. The van der Waals surface area contributed by atoms with Gasteiger partial charge in [-0.3, -0.25) is 14.5 Å². The fourth-order valence-electron chi connectivity index (χ4n) is 4.34. The Morgan fingerprint density at radius 2 is 2.23 bits per heavy atom. The summed E-state index contributed by atoms with van der Waals surface area (Å²) in [4.78, 5) is 37.3. The highest BCUT2D eigenvalue weighted by Gasteiger charge is 2.62. The van der Waals surface area contributed by atoms with E-state index in [0.29, 0.717) is 24.4 Å². The summed E-state index contributed by atoms with van der Waals surface area (Å²) < 4.78 is 0.948. The fraction of sp³-hybridized carbons (Fsp3) is 0.556. The fourth-order valence-corrected chi connectivity index (χ4v) is 5.33. The van der Waals surface area contributed by atoms with Crippen LogP contribution in [-0.4, -0.2) is 46.1 Å². The van der Waals surface area contributed by atoms with E-state index in [1.165, 1.54) is 0 Å². The summed E-state index contributed by atoms with van der Waals surface area (Å²) in [5.41, 5.74) is 2.02. The van der Waals surface area contributed by atoms with Gasteiger partial charge in [-0.25, -0.2) is 4.98 Å². The van der Waals surface area contributed by atoms with Crippen molar-refractivity contribution < 1.29 is 14.7 Å². The number of fused-ring (bicyclic) bond motifs is 2. The Bertz CT molecular complexity index is 942. The Morgan fingerprint density at radius 3 is 2.81 bits per heavy atom. The van der Waals surface area contributed by atoms with E-state index in [1.54, 1.807) is 16.2 Å². The van der Waals surface area contributed by atoms with Gasteiger partial charge < -0.3 is 10.0 Å². The Balaban J connectivity index is 1.51. The van der Waals surface area contributed by atoms with Gasteiger partial charge in [-0.1, -0.05) is 0 Å². The third-order valence-corrected chi connectivity index (χ3v) is 7.16. The third-order valence-electron chi connectivity index (χ3n) is 6.08. The summed E-state index contributed by atoms with van der Waals surface area (Å²) in [5.74, 6) is 0.593. The highest BCUT2D eigenvalue weighted by Crippen LogP contribution is 2.55. The lowest BCUT2D eigenvalue weighted by Gasteiger charge is -2.39. The summed E-state index contributed by atoms with van der Waals surface area (Å²) in [6, 6.07) is 0.418. The molecule has 1 aliphatic carbocycles. The lowest BCUT2D eigenvalue weighted by atomic mass is 10.1. The van der Waals surface area contributed by atoms with Crippen LogP contribution in [0, 0.1) is 24.7 Å². The van der Waals surface area contributed by atoms with Crippen molar-refractivity contribution in [2.45, 2.75) is 32.7 Å². The molecular formula is C18H20N4O3S. The number of aliphatic carboxylic acids is 1. The molecule has 0 spiro atoms. The zero-order valence-electron chi connectivity index (χ0n) is 14.7. The Labute approximate surface area is 154 Å². The van der Waals surface area contributed by atoms with Gasteiger partial charge in [0, 0.05) is 31.5 Å². The molecular weight excluding hydrogens is 352 g/mol. The molecule has 1 saturated carbocycles. The van der Waals surface area contributed by atoms with Gasteiger partial charge >= 0.3 is 5.97 Å². The van der Waals surface area contributed by atoms with E-state index in [0.717, 1.165) is 28.7 Å². The van der Waals surface area contributed by atoms with Crippen LogP contribution in [0.15, 0.2) is 5.38 Å². The van der Waals surface area contributed by atoms with Crippen molar-refractivity contribution in [2.75, 3.05) is 22.9 Å². The average Bonchev–Trinajstić information content (AvgIpc) is 2.91. The number of nitrogens with zero attached hydrogens (tertiary/aromatic N) is 4. The molecule has 3 aliphatic rings. The monoisotopic (exact) mass is 372 g/mol. The van der Waals surface area contributed by atoms with Gasteiger partial charge in [-0.05, 0) is 43.0 Å². The van der Waals surface area contributed by atoms with Gasteiger partial charge in [-0.15, -0.1) is 11.3 Å². The molecule has 4 heterocycles. The second-order valence-corrected chi connectivity index (χ2v) is 8.55. The molecule has 26 heavy (non-hydrogen) atoms. The van der Waals surface area contributed by atoms with Crippen LogP contribution < -0.4 is 9.80 Å². The lowest BCUT2D eigenvalue weighted by Crippen LogP contribution is -2.47. The average molecular weight is 372 g/mol. The Kier molecular flexibility index (Phi) is 3.31. The van der Waals surface area contributed by atoms with Crippen molar-refractivity contribution in [1.29, 1.82) is 0 Å². The zero-order chi connectivity index (χ0) is 18.2. The minimum atomic E-state index is -0.823. The second kappa shape index (κ2) is 5.39. The van der Waals surface area contributed by atoms with E-state index < -0.39 is 5.97 Å². The van der Waals surface area contributed by atoms with E-state index in [-0.39, 0.29) is 30.1 Å². The van der Waals surface area contributed by atoms with Crippen LogP contribution in [0.5, 0.6) is 0 Å². The molecule has 5 rings (SSSR count). The number of amides is 1. The number of hydrogen-bond donors (Lipinski definition) is 1. The number of anilines is 2. The van der Waals surface area contributed by atoms with Gasteiger partial charge in [0.2, 0.25) is 11.9 Å². The summed E-state index contributed by atoms with van der Waals surface area (Å²) in [6.07, 6.45) is 1.21. The first-order chi connectivity index (χ1) is 12.5. The Morgan fingerprint density at radius 1 is 1.42 bits per heavy atom. The highest BCUT2D eigenvalue weighted by molar-refractivity contribution is 7.18. The van der Waals surface area contributed by atoms with Gasteiger partial charge in [0.25, 0.3) is 0 Å². The first-order valence-corrected chi connectivity index (χ1v) is 9.89. The molecule has 1 amide bonds. The van der Waals surface area contributed by atoms with Crippen molar-refractivity contribution >= 4 is 45.2 Å². The molecule has 0 radical (unpaired) electrons. The number of hydrogen-bond acceptors (Lipinski definition) is 6. The summed E-state index contributed by atoms with van der Waals surface area (Å²) in [5, 5.41) is 11.1. The standard InChI is InChI=1S/C18H20N4O3S/c1-8-7-26-15-14(8)19-18(21-4-3-9(21)2)20-16(15)22-6-11-10(5-12(23)24)13(11)17(22)25/h7,9-11,13H,3-6H2,1-2H3,(H,23,24)/t9-,10?,11?,13?/m0/s1. The largest absolute Gasteiger partial charge is 0.481 e. The lowest BCUT2D eigenvalue weighted by molar-refractivity contribution is -0.137. The number of carboxylic acids is 1. The molecule has 3 fully saturated rings. The zero-order valence-corrected chi connectivity index (χ0v) is 15.5. The molecule has 4 atom stereocenters. The van der Waals surface area contributed by atoms with Crippen LogP contribution in [0.3, 0.4) is 0 Å². The maximum atomic E-state index is 12.9. The van der Waals surface area contributed by atoms with Gasteiger partial charge in [0.15, 0.2) is 5.82 Å². The summed E-state index contributed by atoms with van der Waals surface area (Å²) in [7, 11) is 0. The van der Waals surface area contributed by atoms with E-state index in [2.05, 4.69) is 17.2 Å². The SMILES string of the molecule is Cc1csc2c(N3CC4C(CC(=O)O)C4C3=O)nc(N3CC[C@@H]3C)nc12. The summed E-state index contributed by atoms with van der Waals surface area (Å²) in [6.45, 7) is 5.70. The third kappa shape index (κ3) is 2.17. The van der Waals surface area contributed by atoms with Crippen LogP contribution in [-0.2, 0) is 9.59 Å². The normalized spacial score (nSPS) is 29.8. The molecule has 2 saturated heterocycles. The minimum Gasteiger partial charge on any atom is -0.481 e. The van der Waals surface area contributed by atoms with Crippen LogP contribution in [0.2, 0.25) is 0 Å². The van der Waals surface area contributed by atoms with Crippen LogP contribution in [0.1, 0.15) is 25.3 Å². The molecule has 8 heteroatoms. The minimum absolute atomic E-state index is 0.00600. The van der Waals surface area contributed by atoms with Gasteiger partial charge in [0.1, 0.15) is 0 Å². The molecule has 136 valence electrons. The molecule has 1 N–H and O–H groups in total.